The van der Waals surface area contributed by atoms with Crippen LogP contribution in [0.2, 0.25) is 10.0 Å². The summed E-state index contributed by atoms with van der Waals surface area (Å²) in [4.78, 5) is 27.1. The van der Waals surface area contributed by atoms with E-state index in [9.17, 15) is 9.59 Å². The summed E-state index contributed by atoms with van der Waals surface area (Å²) >= 11 is 12.1. The van der Waals surface area contributed by atoms with Gasteiger partial charge in [0.25, 0.3) is 5.91 Å². The predicted octanol–water partition coefficient (Wildman–Crippen LogP) is 3.45. The molecule has 1 fully saturated rings. The van der Waals surface area contributed by atoms with Gasteiger partial charge in [-0.1, -0.05) is 23.2 Å². The highest BCUT2D eigenvalue weighted by Crippen LogP contribution is 2.33. The molecule has 2 aromatic rings. The van der Waals surface area contributed by atoms with E-state index in [0.29, 0.717) is 18.8 Å². The molecule has 8 heteroatoms. The summed E-state index contributed by atoms with van der Waals surface area (Å²) in [5.74, 6) is -0.560. The van der Waals surface area contributed by atoms with Crippen molar-refractivity contribution in [3.8, 4) is 5.75 Å². The number of benzene rings is 2. The first-order valence-corrected chi connectivity index (χ1v) is 9.53. The van der Waals surface area contributed by atoms with E-state index in [0.717, 1.165) is 18.8 Å². The fourth-order valence-corrected chi connectivity index (χ4v) is 3.44. The van der Waals surface area contributed by atoms with Gasteiger partial charge < -0.3 is 19.7 Å². The smallest absolute Gasteiger partial charge is 0.257 e. The molecular formula is C20H20Cl2N2O4. The van der Waals surface area contributed by atoms with Crippen LogP contribution >= 0.6 is 23.2 Å². The van der Waals surface area contributed by atoms with Crippen LogP contribution in [-0.2, 0) is 4.74 Å². The van der Waals surface area contributed by atoms with E-state index in [1.807, 2.05) is 12.1 Å². The molecule has 0 aromatic heterocycles. The number of carbonyl (C=O) groups is 2. The molecule has 0 aliphatic carbocycles. The number of amides is 1. The van der Waals surface area contributed by atoms with Crippen molar-refractivity contribution in [1.82, 2.24) is 5.32 Å². The normalized spacial score (nSPS) is 13.9. The first-order valence-electron chi connectivity index (χ1n) is 8.77. The Hall–Kier alpha value is -2.28. The number of ketones is 1. The summed E-state index contributed by atoms with van der Waals surface area (Å²) in [5.41, 5.74) is 1.66. The topological polar surface area (TPSA) is 67.9 Å². The molecule has 1 saturated heterocycles. The van der Waals surface area contributed by atoms with Gasteiger partial charge in [0.1, 0.15) is 5.56 Å². The minimum Gasteiger partial charge on any atom is -0.494 e. The number of nitrogens with one attached hydrogen (secondary N) is 1. The Kier molecular flexibility index (Phi) is 6.78. The van der Waals surface area contributed by atoms with Gasteiger partial charge in [-0.25, -0.2) is 0 Å². The Labute approximate surface area is 173 Å². The number of rotatable bonds is 6. The molecule has 0 bridgehead atoms. The van der Waals surface area contributed by atoms with E-state index < -0.39 is 5.91 Å². The number of nitrogens with zero attached hydrogens (tertiary/aromatic N) is 1. The van der Waals surface area contributed by atoms with E-state index >= 15 is 0 Å². The van der Waals surface area contributed by atoms with Crippen molar-refractivity contribution >= 4 is 40.6 Å². The molecule has 0 radical (unpaired) electrons. The van der Waals surface area contributed by atoms with Gasteiger partial charge in [-0.15, -0.1) is 0 Å². The maximum absolute atomic E-state index is 12.5. The average Bonchev–Trinajstić information content (AvgIpc) is 2.74. The first kappa shape index (κ1) is 20.5. The van der Waals surface area contributed by atoms with Crippen molar-refractivity contribution in [3.05, 3.63) is 57.6 Å². The SMILES string of the molecule is COc1c(Cl)ccc(Cl)c1C(=O)NCC(=O)c1ccc(N2CCOCC2)cc1. The lowest BCUT2D eigenvalue weighted by atomic mass is 10.1. The summed E-state index contributed by atoms with van der Waals surface area (Å²) in [6, 6.07) is 10.4. The molecular weight excluding hydrogens is 403 g/mol. The van der Waals surface area contributed by atoms with Crippen molar-refractivity contribution in [1.29, 1.82) is 0 Å². The summed E-state index contributed by atoms with van der Waals surface area (Å²) < 4.78 is 10.5. The molecule has 6 nitrogen and oxygen atoms in total. The zero-order valence-electron chi connectivity index (χ0n) is 15.3. The van der Waals surface area contributed by atoms with Crippen LogP contribution in [0.15, 0.2) is 36.4 Å². The van der Waals surface area contributed by atoms with Gasteiger partial charge in [-0.05, 0) is 36.4 Å². The van der Waals surface area contributed by atoms with Gasteiger partial charge in [0.2, 0.25) is 0 Å². The van der Waals surface area contributed by atoms with E-state index in [-0.39, 0.29) is 33.7 Å². The third kappa shape index (κ3) is 4.58. The standard InChI is InChI=1S/C20H20Cl2N2O4/c1-27-19-16(22)7-6-15(21)18(19)20(26)23-12-17(25)13-2-4-14(5-3-13)24-8-10-28-11-9-24/h2-7H,8-12H2,1H3,(H,23,26). The van der Waals surface area contributed by atoms with Crippen LogP contribution in [0.3, 0.4) is 0 Å². The first-order chi connectivity index (χ1) is 13.5. The Morgan fingerprint density at radius 3 is 2.36 bits per heavy atom. The molecule has 3 rings (SSSR count). The fraction of sp³-hybridized carbons (Fsp3) is 0.300. The Bertz CT molecular complexity index is 865. The summed E-state index contributed by atoms with van der Waals surface area (Å²) in [6.45, 7) is 2.88. The second-order valence-electron chi connectivity index (χ2n) is 6.19. The Morgan fingerprint density at radius 2 is 1.71 bits per heavy atom. The van der Waals surface area contributed by atoms with Gasteiger partial charge in [-0.3, -0.25) is 9.59 Å². The number of hydrogen-bond acceptors (Lipinski definition) is 5. The molecule has 0 atom stereocenters. The molecule has 1 aliphatic rings. The maximum Gasteiger partial charge on any atom is 0.257 e. The lowest BCUT2D eigenvalue weighted by Crippen LogP contribution is -2.36. The molecule has 148 valence electrons. The lowest BCUT2D eigenvalue weighted by molar-refractivity contribution is 0.0902. The van der Waals surface area contributed by atoms with Crippen LogP contribution in [-0.4, -0.2) is 51.6 Å². The zero-order valence-corrected chi connectivity index (χ0v) is 16.8. The van der Waals surface area contributed by atoms with Crippen LogP contribution in [0.5, 0.6) is 5.75 Å². The minimum atomic E-state index is -0.525. The van der Waals surface area contributed by atoms with Gasteiger partial charge >= 0.3 is 0 Å². The summed E-state index contributed by atoms with van der Waals surface area (Å²) in [6.07, 6.45) is 0. The van der Waals surface area contributed by atoms with Crippen molar-refractivity contribution < 1.29 is 19.1 Å². The number of ether oxygens (including phenoxy) is 2. The minimum absolute atomic E-state index is 0.104. The van der Waals surface area contributed by atoms with Gasteiger partial charge in [0, 0.05) is 24.3 Å². The number of Topliss-reactive ketones (excluding diaryl/α,β-unsaturated/α-hetero) is 1. The Balaban J connectivity index is 1.64. The number of carbonyl (C=O) groups excluding carboxylic acids is 2. The van der Waals surface area contributed by atoms with Crippen molar-refractivity contribution in [2.75, 3.05) is 44.9 Å². The fourth-order valence-electron chi connectivity index (χ4n) is 2.98. The second-order valence-corrected chi connectivity index (χ2v) is 7.00. The Morgan fingerprint density at radius 1 is 1.07 bits per heavy atom. The average molecular weight is 423 g/mol. The lowest BCUT2D eigenvalue weighted by Gasteiger charge is -2.28. The monoisotopic (exact) mass is 422 g/mol. The van der Waals surface area contributed by atoms with E-state index in [1.165, 1.54) is 13.2 Å². The third-order valence-electron chi connectivity index (χ3n) is 4.46. The molecule has 28 heavy (non-hydrogen) atoms. The number of hydrogen-bond donors (Lipinski definition) is 1. The van der Waals surface area contributed by atoms with E-state index in [4.69, 9.17) is 32.7 Å². The van der Waals surface area contributed by atoms with Crippen LogP contribution in [0, 0.1) is 0 Å². The number of anilines is 1. The third-order valence-corrected chi connectivity index (χ3v) is 5.08. The molecule has 1 amide bonds. The van der Waals surface area contributed by atoms with Crippen molar-refractivity contribution in [3.63, 3.8) is 0 Å². The summed E-state index contributed by atoms with van der Waals surface area (Å²) in [5, 5.41) is 3.04. The number of morpholine rings is 1. The van der Waals surface area contributed by atoms with E-state index in [1.54, 1.807) is 18.2 Å². The quantitative estimate of drug-likeness (QED) is 0.721. The van der Waals surface area contributed by atoms with Crippen LogP contribution in [0.1, 0.15) is 20.7 Å². The van der Waals surface area contributed by atoms with Crippen molar-refractivity contribution in [2.24, 2.45) is 0 Å². The van der Waals surface area contributed by atoms with Crippen LogP contribution < -0.4 is 15.0 Å². The second kappa shape index (κ2) is 9.28. The maximum atomic E-state index is 12.5. The highest BCUT2D eigenvalue weighted by atomic mass is 35.5. The summed E-state index contributed by atoms with van der Waals surface area (Å²) in [7, 11) is 1.40. The molecule has 0 saturated carbocycles. The highest BCUT2D eigenvalue weighted by molar-refractivity contribution is 6.37. The van der Waals surface area contributed by atoms with Gasteiger partial charge in [0.05, 0.1) is 36.9 Å². The zero-order chi connectivity index (χ0) is 20.1. The predicted molar refractivity (Wildman–Crippen MR) is 109 cm³/mol. The van der Waals surface area contributed by atoms with Crippen molar-refractivity contribution in [2.45, 2.75) is 0 Å². The molecule has 1 heterocycles. The number of methoxy groups -OCH3 is 1. The molecule has 2 aromatic carbocycles. The highest BCUT2D eigenvalue weighted by Gasteiger charge is 2.20. The van der Waals surface area contributed by atoms with E-state index in [2.05, 4.69) is 10.2 Å². The van der Waals surface area contributed by atoms with Gasteiger partial charge in [0.15, 0.2) is 11.5 Å². The molecule has 0 spiro atoms. The molecule has 0 unspecified atom stereocenters. The largest absolute Gasteiger partial charge is 0.494 e. The van der Waals surface area contributed by atoms with Gasteiger partial charge in [-0.2, -0.15) is 0 Å². The molecule has 1 aliphatic heterocycles. The number of halogens is 2. The van der Waals surface area contributed by atoms with Crippen LogP contribution in [0.25, 0.3) is 0 Å². The van der Waals surface area contributed by atoms with Crippen LogP contribution in [0.4, 0.5) is 5.69 Å². The molecule has 1 N–H and O–H groups in total.